The van der Waals surface area contributed by atoms with Gasteiger partial charge < -0.3 is 10.1 Å². The number of amides is 1. The molecule has 2 aromatic heterocycles. The zero-order chi connectivity index (χ0) is 19.8. The van der Waals surface area contributed by atoms with Crippen molar-refractivity contribution in [2.45, 2.75) is 45.9 Å². The lowest BCUT2D eigenvalue weighted by molar-refractivity contribution is -0.00903. The van der Waals surface area contributed by atoms with Crippen LogP contribution in [0.3, 0.4) is 0 Å². The van der Waals surface area contributed by atoms with E-state index in [1.54, 1.807) is 9.48 Å². The van der Waals surface area contributed by atoms with E-state index in [1.807, 2.05) is 58.2 Å². The fourth-order valence-electron chi connectivity index (χ4n) is 3.72. The number of fused-ring (bicyclic) bond motifs is 1. The van der Waals surface area contributed by atoms with Gasteiger partial charge in [0.15, 0.2) is 5.69 Å². The normalized spacial score (nSPS) is 18.7. The van der Waals surface area contributed by atoms with Crippen LogP contribution in [0.25, 0.3) is 5.69 Å². The van der Waals surface area contributed by atoms with Gasteiger partial charge in [-0.15, -0.1) is 0 Å². The number of carbonyl (C=O) groups is 1. The van der Waals surface area contributed by atoms with Gasteiger partial charge in [0.2, 0.25) is 0 Å². The molecule has 8 heteroatoms. The van der Waals surface area contributed by atoms with Crippen molar-refractivity contribution >= 4 is 5.91 Å². The predicted molar refractivity (Wildman–Crippen MR) is 103 cm³/mol. The average Bonchev–Trinajstić information content (AvgIpc) is 3.20. The van der Waals surface area contributed by atoms with Crippen molar-refractivity contribution < 1.29 is 9.53 Å². The van der Waals surface area contributed by atoms with Crippen molar-refractivity contribution in [3.8, 4) is 5.69 Å². The second kappa shape index (κ2) is 7.20. The molecule has 0 saturated carbocycles. The quantitative estimate of drug-likeness (QED) is 0.750. The Labute approximate surface area is 163 Å². The number of carbonyl (C=O) groups excluding carboxylic acids is 1. The summed E-state index contributed by atoms with van der Waals surface area (Å²) in [7, 11) is 1.85. The van der Waals surface area contributed by atoms with Crippen LogP contribution < -0.4 is 5.32 Å². The highest BCUT2D eigenvalue weighted by Crippen LogP contribution is 2.31. The number of hydrogen-bond donors (Lipinski definition) is 1. The number of hydrogen-bond acceptors (Lipinski definition) is 5. The summed E-state index contributed by atoms with van der Waals surface area (Å²) < 4.78 is 7.61. The molecule has 3 heterocycles. The second-order valence-electron chi connectivity index (χ2n) is 7.17. The average molecular weight is 380 g/mol. The van der Waals surface area contributed by atoms with Crippen LogP contribution in [0.15, 0.2) is 30.3 Å². The SMILES string of the molecule is Cc1nn(-c2ccccc2)nc1CNC(=O)c1nn(C)c2c1C[C@@H](C)O[C@H]2C. The summed E-state index contributed by atoms with van der Waals surface area (Å²) in [5, 5.41) is 16.3. The van der Waals surface area contributed by atoms with Crippen LogP contribution >= 0.6 is 0 Å². The molecular formula is C20H24N6O2. The molecule has 1 amide bonds. The highest BCUT2D eigenvalue weighted by Gasteiger charge is 2.31. The van der Waals surface area contributed by atoms with E-state index in [0.29, 0.717) is 18.7 Å². The lowest BCUT2D eigenvalue weighted by Crippen LogP contribution is -2.27. The minimum absolute atomic E-state index is 0.0614. The standard InChI is InChI=1S/C20H24N6O2/c1-12-10-16-18(24-25(4)19(16)14(3)28-12)20(27)21-11-17-13(2)22-26(23-17)15-8-6-5-7-9-15/h5-9,12,14H,10-11H2,1-4H3,(H,21,27)/t12-,14+/m1/s1. The minimum Gasteiger partial charge on any atom is -0.369 e. The van der Waals surface area contributed by atoms with Gasteiger partial charge in [0.25, 0.3) is 5.91 Å². The second-order valence-corrected chi connectivity index (χ2v) is 7.17. The van der Waals surface area contributed by atoms with Crippen molar-refractivity contribution in [1.29, 1.82) is 0 Å². The van der Waals surface area contributed by atoms with Crippen LogP contribution in [0.4, 0.5) is 0 Å². The van der Waals surface area contributed by atoms with E-state index in [-0.39, 0.29) is 18.1 Å². The molecule has 2 atom stereocenters. The Balaban J connectivity index is 1.52. The van der Waals surface area contributed by atoms with Gasteiger partial charge in [-0.3, -0.25) is 9.48 Å². The van der Waals surface area contributed by atoms with Crippen LogP contribution in [0.2, 0.25) is 0 Å². The van der Waals surface area contributed by atoms with Gasteiger partial charge in [-0.25, -0.2) is 0 Å². The molecule has 1 aromatic carbocycles. The third-order valence-corrected chi connectivity index (χ3v) is 5.00. The van der Waals surface area contributed by atoms with E-state index in [1.165, 1.54) is 0 Å². The Bertz CT molecular complexity index is 1010. The first-order valence-electron chi connectivity index (χ1n) is 9.41. The molecule has 1 N–H and O–H groups in total. The third kappa shape index (κ3) is 3.31. The molecule has 1 aliphatic rings. The number of rotatable bonds is 4. The predicted octanol–water partition coefficient (Wildman–Crippen LogP) is 2.26. The van der Waals surface area contributed by atoms with Crippen molar-refractivity contribution in [1.82, 2.24) is 30.1 Å². The van der Waals surface area contributed by atoms with Crippen molar-refractivity contribution in [2.75, 3.05) is 0 Å². The fourth-order valence-corrected chi connectivity index (χ4v) is 3.72. The van der Waals surface area contributed by atoms with Gasteiger partial charge in [-0.1, -0.05) is 18.2 Å². The van der Waals surface area contributed by atoms with Crippen molar-refractivity contribution in [2.24, 2.45) is 7.05 Å². The zero-order valence-electron chi connectivity index (χ0n) is 16.5. The van der Waals surface area contributed by atoms with Crippen LogP contribution in [0.5, 0.6) is 0 Å². The number of para-hydroxylation sites is 1. The molecule has 0 unspecified atom stereocenters. The van der Waals surface area contributed by atoms with Gasteiger partial charge in [0, 0.05) is 19.0 Å². The molecule has 0 spiro atoms. The fraction of sp³-hybridized carbons (Fsp3) is 0.400. The monoisotopic (exact) mass is 380 g/mol. The van der Waals surface area contributed by atoms with E-state index >= 15 is 0 Å². The van der Waals surface area contributed by atoms with Crippen LogP contribution in [0.1, 0.15) is 53.1 Å². The Morgan fingerprint density at radius 1 is 1.21 bits per heavy atom. The Morgan fingerprint density at radius 2 is 1.96 bits per heavy atom. The van der Waals surface area contributed by atoms with Gasteiger partial charge in [-0.05, 0) is 32.9 Å². The summed E-state index contributed by atoms with van der Waals surface area (Å²) in [6.07, 6.45) is 0.663. The molecule has 0 fully saturated rings. The number of aromatic nitrogens is 5. The van der Waals surface area contributed by atoms with E-state index in [2.05, 4.69) is 20.6 Å². The smallest absolute Gasteiger partial charge is 0.272 e. The minimum atomic E-state index is -0.202. The highest BCUT2D eigenvalue weighted by atomic mass is 16.5. The topological polar surface area (TPSA) is 86.9 Å². The first kappa shape index (κ1) is 18.4. The van der Waals surface area contributed by atoms with Gasteiger partial charge >= 0.3 is 0 Å². The molecule has 0 aliphatic carbocycles. The largest absolute Gasteiger partial charge is 0.369 e. The summed E-state index contributed by atoms with van der Waals surface area (Å²) in [6, 6.07) is 9.69. The third-order valence-electron chi connectivity index (χ3n) is 5.00. The van der Waals surface area contributed by atoms with Crippen LogP contribution in [0, 0.1) is 6.92 Å². The van der Waals surface area contributed by atoms with Crippen LogP contribution in [-0.4, -0.2) is 36.8 Å². The molecule has 8 nitrogen and oxygen atoms in total. The number of benzene rings is 1. The Hall–Kier alpha value is -3.00. The molecule has 4 rings (SSSR count). The Kier molecular flexibility index (Phi) is 4.72. The molecule has 28 heavy (non-hydrogen) atoms. The summed E-state index contributed by atoms with van der Waals surface area (Å²) >= 11 is 0. The maximum atomic E-state index is 12.8. The first-order chi connectivity index (χ1) is 13.4. The van der Waals surface area contributed by atoms with E-state index in [9.17, 15) is 4.79 Å². The Morgan fingerprint density at radius 3 is 2.71 bits per heavy atom. The molecule has 146 valence electrons. The lowest BCUT2D eigenvalue weighted by Gasteiger charge is -2.26. The maximum absolute atomic E-state index is 12.8. The number of aryl methyl sites for hydroxylation is 2. The van der Waals surface area contributed by atoms with Crippen molar-refractivity contribution in [3.63, 3.8) is 0 Å². The first-order valence-corrected chi connectivity index (χ1v) is 9.41. The molecular weight excluding hydrogens is 356 g/mol. The summed E-state index contributed by atoms with van der Waals surface area (Å²) in [6.45, 7) is 6.18. The van der Waals surface area contributed by atoms with Gasteiger partial charge in [0.05, 0.1) is 35.8 Å². The summed E-state index contributed by atoms with van der Waals surface area (Å²) in [5.74, 6) is -0.202. The summed E-state index contributed by atoms with van der Waals surface area (Å²) in [5.41, 5.74) is 4.79. The highest BCUT2D eigenvalue weighted by molar-refractivity contribution is 5.94. The molecule has 0 saturated heterocycles. The van der Waals surface area contributed by atoms with Crippen LogP contribution in [-0.2, 0) is 24.8 Å². The maximum Gasteiger partial charge on any atom is 0.272 e. The number of nitrogens with zero attached hydrogens (tertiary/aromatic N) is 5. The number of ether oxygens (including phenoxy) is 1. The molecule has 1 aliphatic heterocycles. The summed E-state index contributed by atoms with van der Waals surface area (Å²) in [4.78, 5) is 14.4. The van der Waals surface area contributed by atoms with E-state index < -0.39 is 0 Å². The molecule has 0 bridgehead atoms. The van der Waals surface area contributed by atoms with E-state index in [4.69, 9.17) is 4.74 Å². The van der Waals surface area contributed by atoms with Crippen molar-refractivity contribution in [3.05, 3.63) is 58.7 Å². The zero-order valence-corrected chi connectivity index (χ0v) is 16.5. The van der Waals surface area contributed by atoms with E-state index in [0.717, 1.165) is 28.3 Å². The molecule has 0 radical (unpaired) electrons. The molecule has 3 aromatic rings. The van der Waals surface area contributed by atoms with Gasteiger partial charge in [0.1, 0.15) is 5.69 Å². The lowest BCUT2D eigenvalue weighted by atomic mass is 9.99. The number of nitrogens with one attached hydrogen (secondary N) is 1. The van der Waals surface area contributed by atoms with Gasteiger partial charge in [-0.2, -0.15) is 20.1 Å².